The summed E-state index contributed by atoms with van der Waals surface area (Å²) in [5, 5.41) is 8.49. The first-order valence-corrected chi connectivity index (χ1v) is 35.5. The van der Waals surface area contributed by atoms with Crippen LogP contribution in [0.3, 0.4) is 0 Å². The topological polar surface area (TPSA) is 173 Å². The summed E-state index contributed by atoms with van der Waals surface area (Å²) in [5.41, 5.74) is 13.0. The zero-order chi connectivity index (χ0) is 68.2. The molecule has 7 aliphatic rings. The molecular formula is C82H93N9O7. The summed E-state index contributed by atoms with van der Waals surface area (Å²) in [6, 6.07) is 54.6. The lowest BCUT2D eigenvalue weighted by Gasteiger charge is -2.49. The molecule has 3 amide bonds. The zero-order valence-corrected chi connectivity index (χ0v) is 58.1. The zero-order valence-electron chi connectivity index (χ0n) is 58.1. The van der Waals surface area contributed by atoms with Crippen LogP contribution in [0.5, 0.6) is 11.5 Å². The highest BCUT2D eigenvalue weighted by molar-refractivity contribution is 6.12. The lowest BCUT2D eigenvalue weighted by molar-refractivity contribution is -0.195. The number of carbonyl (C=O) groups is 4. The van der Waals surface area contributed by atoms with Gasteiger partial charge in [-0.3, -0.25) is 24.2 Å². The summed E-state index contributed by atoms with van der Waals surface area (Å²) >= 11 is 0. The molecule has 98 heavy (non-hydrogen) atoms. The molecule has 6 atom stereocenters. The molecule has 0 spiro atoms. The van der Waals surface area contributed by atoms with Crippen molar-refractivity contribution in [2.45, 2.75) is 143 Å². The van der Waals surface area contributed by atoms with Crippen LogP contribution in [-0.4, -0.2) is 127 Å². The van der Waals surface area contributed by atoms with Crippen LogP contribution in [0.15, 0.2) is 158 Å². The fourth-order valence-electron chi connectivity index (χ4n) is 16.2. The smallest absolute Gasteiger partial charge is 0.330 e. The second kappa shape index (κ2) is 29.2. The van der Waals surface area contributed by atoms with Gasteiger partial charge in [0.2, 0.25) is 5.91 Å². The van der Waals surface area contributed by atoms with Crippen LogP contribution in [0.1, 0.15) is 141 Å². The lowest BCUT2D eigenvalue weighted by Crippen LogP contribution is -2.47. The van der Waals surface area contributed by atoms with E-state index in [1.807, 2.05) is 35.2 Å². The van der Waals surface area contributed by atoms with E-state index in [1.165, 1.54) is 84.6 Å². The predicted molar refractivity (Wildman–Crippen MR) is 388 cm³/mol. The van der Waals surface area contributed by atoms with Gasteiger partial charge < -0.3 is 24.5 Å². The average molecular weight is 1320 g/mol. The molecule has 5 aliphatic heterocycles. The fraction of sp³-hybridized carbons (Fsp3) is 0.415. The highest BCUT2D eigenvalue weighted by atomic mass is 16.7. The predicted octanol–water partition coefficient (Wildman–Crippen LogP) is 15.3. The molecule has 0 bridgehead atoms. The number of aromatic nitrogens is 4. The quantitative estimate of drug-likeness (QED) is 0.0980. The second-order valence-corrected chi connectivity index (χ2v) is 29.0. The number of piperazine rings is 2. The van der Waals surface area contributed by atoms with E-state index in [0.717, 1.165) is 138 Å². The number of hydroxylamine groups is 2. The molecule has 3 saturated heterocycles. The van der Waals surface area contributed by atoms with Crippen molar-refractivity contribution in [2.24, 2.45) is 23.7 Å². The summed E-state index contributed by atoms with van der Waals surface area (Å²) in [7, 11) is 0. The molecule has 8 aromatic carbocycles. The molecule has 7 heterocycles. The monoisotopic (exact) mass is 1320 g/mol. The standard InChI is InChI=1S/2C26H26N2O.C13H18N2O.C11H16N2.C6H7NO4/c2*1-15-12-13-19-18(14-15)22-24-23(27-20-10-6-7-11-21(20)28-24)16-8-4-5-9-17(16)25(22)29-26(19,2)3;1-12(16)15-9-7-14(8-10-15)11-13-5-3-2-4-6-13;1-2-4-11(5-3-1)10-13-8-6-12-7-9-13;1-4(8)11-7-5(9)2-3-6(7)10/h2*4-11,15,18-19H,12-14H2,1-3H3;2-6H,7-11H2,1H3;1-5,12H,6-10H2;2-3H2,1H3/t2*15-,18-,19-;;;/m00.../s1. The molecule has 5 fully saturated rings. The number of amides is 3. The highest BCUT2D eigenvalue weighted by Gasteiger charge is 2.49. The number of ether oxygens (including phenoxy) is 2. The van der Waals surface area contributed by atoms with E-state index in [2.05, 4.69) is 189 Å². The van der Waals surface area contributed by atoms with E-state index in [4.69, 9.17) is 29.4 Å². The third kappa shape index (κ3) is 14.6. The maximum atomic E-state index is 11.2. The summed E-state index contributed by atoms with van der Waals surface area (Å²) in [4.78, 5) is 74.6. The number of para-hydroxylation sites is 4. The minimum absolute atomic E-state index is 0.131. The van der Waals surface area contributed by atoms with Gasteiger partial charge in [0, 0.05) is 137 Å². The summed E-state index contributed by atoms with van der Waals surface area (Å²) in [5.74, 6) is 4.15. The van der Waals surface area contributed by atoms with Crippen molar-refractivity contribution in [1.29, 1.82) is 0 Å². The Bertz CT molecular complexity index is 4330. The number of nitrogens with one attached hydrogen (secondary N) is 1. The number of benzene rings is 8. The normalized spacial score (nSPS) is 22.4. The maximum Gasteiger partial charge on any atom is 0.330 e. The van der Waals surface area contributed by atoms with Crippen molar-refractivity contribution < 1.29 is 33.5 Å². The largest absolute Gasteiger partial charge is 0.487 e. The van der Waals surface area contributed by atoms with Gasteiger partial charge >= 0.3 is 5.97 Å². The van der Waals surface area contributed by atoms with E-state index in [1.54, 1.807) is 6.92 Å². The SMILES string of the molecule is CC(=O)N1CCN(Cc2ccccc2)CC1.CC(=O)ON1C(=O)CCC1=O.C[C@H]1CC[C@H]2[C@H](C1)c1c(c3ccccc3c3nc4ccccc4nc13)OC2(C)C.C[C@H]1CC[C@H]2[C@H](C1)c1c(c3ccccc3c3nc4ccccc4nc13)OC2(C)C.c1ccc(CN2CCNCC2)cc1. The van der Waals surface area contributed by atoms with Crippen molar-refractivity contribution >= 4 is 89.4 Å². The van der Waals surface area contributed by atoms with Crippen molar-refractivity contribution in [3.8, 4) is 11.5 Å². The van der Waals surface area contributed by atoms with Crippen LogP contribution in [0, 0.1) is 23.7 Å². The molecule has 10 aromatic rings. The Morgan fingerprint density at radius 3 is 1.24 bits per heavy atom. The van der Waals surface area contributed by atoms with Crippen molar-refractivity contribution in [2.75, 3.05) is 52.4 Å². The first-order valence-electron chi connectivity index (χ1n) is 35.5. The van der Waals surface area contributed by atoms with Crippen LogP contribution in [0.2, 0.25) is 0 Å². The minimum Gasteiger partial charge on any atom is -0.487 e. The molecule has 2 aliphatic carbocycles. The third-order valence-electron chi connectivity index (χ3n) is 21.2. The van der Waals surface area contributed by atoms with E-state index < -0.39 is 17.8 Å². The maximum absolute atomic E-state index is 11.2. The number of imide groups is 1. The first kappa shape index (κ1) is 67.6. The summed E-state index contributed by atoms with van der Waals surface area (Å²) in [6.45, 7) is 27.1. The fourth-order valence-corrected chi connectivity index (χ4v) is 16.2. The molecule has 508 valence electrons. The Labute approximate surface area is 575 Å². The molecule has 17 rings (SSSR count). The van der Waals surface area contributed by atoms with Gasteiger partial charge in [-0.25, -0.2) is 24.7 Å². The van der Waals surface area contributed by atoms with Gasteiger partial charge in [0.25, 0.3) is 11.8 Å². The number of hydrogen-bond donors (Lipinski definition) is 1. The van der Waals surface area contributed by atoms with Crippen LogP contribution in [0.25, 0.3) is 65.7 Å². The molecule has 16 nitrogen and oxygen atoms in total. The number of hydrogen-bond acceptors (Lipinski definition) is 14. The molecule has 1 N–H and O–H groups in total. The van der Waals surface area contributed by atoms with Gasteiger partial charge in [0.15, 0.2) is 0 Å². The van der Waals surface area contributed by atoms with Crippen LogP contribution < -0.4 is 14.8 Å². The molecule has 2 saturated carbocycles. The first-order chi connectivity index (χ1) is 47.4. The minimum atomic E-state index is -0.659. The van der Waals surface area contributed by atoms with Crippen LogP contribution >= 0.6 is 0 Å². The molecule has 16 heteroatoms. The third-order valence-corrected chi connectivity index (χ3v) is 21.2. The van der Waals surface area contributed by atoms with E-state index in [-0.39, 0.29) is 30.0 Å². The average Bonchev–Trinajstić information content (AvgIpc) is 0.767. The van der Waals surface area contributed by atoms with Gasteiger partial charge in [0.1, 0.15) is 22.7 Å². The Balaban J connectivity index is 0.000000117. The van der Waals surface area contributed by atoms with E-state index in [0.29, 0.717) is 28.7 Å². The van der Waals surface area contributed by atoms with Crippen molar-refractivity contribution in [1.82, 2.24) is 45.0 Å². The Morgan fingerprint density at radius 2 is 0.847 bits per heavy atom. The van der Waals surface area contributed by atoms with Gasteiger partial charge in [-0.15, -0.1) is 5.06 Å². The number of rotatable bonds is 5. The molecular weight excluding hydrogens is 1220 g/mol. The van der Waals surface area contributed by atoms with Gasteiger partial charge in [-0.05, 0) is 112 Å². The molecule has 2 aromatic heterocycles. The Morgan fingerprint density at radius 1 is 0.480 bits per heavy atom. The van der Waals surface area contributed by atoms with Gasteiger partial charge in [-0.1, -0.05) is 160 Å². The highest BCUT2D eigenvalue weighted by Crippen LogP contribution is 2.58. The summed E-state index contributed by atoms with van der Waals surface area (Å²) in [6.07, 6.45) is 7.66. The Kier molecular flexibility index (Phi) is 20.2. The number of carbonyl (C=O) groups excluding carboxylic acids is 4. The van der Waals surface area contributed by atoms with Crippen molar-refractivity contribution in [3.63, 3.8) is 0 Å². The summed E-state index contributed by atoms with van der Waals surface area (Å²) < 4.78 is 13.6. The van der Waals surface area contributed by atoms with Crippen molar-refractivity contribution in [3.05, 3.63) is 180 Å². The number of nitrogens with zero attached hydrogens (tertiary/aromatic N) is 8. The van der Waals surface area contributed by atoms with Crippen LogP contribution in [0.4, 0.5) is 0 Å². The van der Waals surface area contributed by atoms with E-state index >= 15 is 0 Å². The van der Waals surface area contributed by atoms with Gasteiger partial charge in [0.05, 0.1) is 44.1 Å². The van der Waals surface area contributed by atoms with Crippen LogP contribution in [-0.2, 0) is 37.1 Å². The van der Waals surface area contributed by atoms with E-state index in [9.17, 15) is 19.2 Å². The molecule has 0 radical (unpaired) electrons. The lowest BCUT2D eigenvalue weighted by atomic mass is 9.64. The number of fused-ring (bicyclic) bond motifs is 18. The molecule has 0 unspecified atom stereocenters. The second-order valence-electron chi connectivity index (χ2n) is 29.0. The van der Waals surface area contributed by atoms with Gasteiger partial charge in [-0.2, -0.15) is 0 Å². The Hall–Kier alpha value is -8.96.